The summed E-state index contributed by atoms with van der Waals surface area (Å²) in [5.41, 5.74) is 1.74. The fourth-order valence-electron chi connectivity index (χ4n) is 1.12. The average molecular weight is 175 g/mol. The van der Waals surface area contributed by atoms with Gasteiger partial charge >= 0.3 is 0 Å². The van der Waals surface area contributed by atoms with E-state index in [4.69, 9.17) is 0 Å². The molecule has 0 saturated carbocycles. The summed E-state index contributed by atoms with van der Waals surface area (Å²) in [6.45, 7) is 1.91. The van der Waals surface area contributed by atoms with Gasteiger partial charge in [0.1, 0.15) is 5.75 Å². The van der Waals surface area contributed by atoms with E-state index in [-0.39, 0.29) is 5.75 Å². The van der Waals surface area contributed by atoms with E-state index in [0.29, 0.717) is 0 Å². The third kappa shape index (κ3) is 1.51. The smallest absolute Gasteiger partial charge is 0.135 e. The van der Waals surface area contributed by atoms with Crippen LogP contribution in [-0.2, 0) is 0 Å². The number of pyridine rings is 1. The summed E-state index contributed by atoms with van der Waals surface area (Å²) in [6.07, 6.45) is 6.62. The van der Waals surface area contributed by atoms with E-state index >= 15 is 0 Å². The van der Waals surface area contributed by atoms with Crippen LogP contribution in [0.5, 0.6) is 5.75 Å². The molecule has 0 radical (unpaired) electrons. The molecule has 0 aliphatic carbocycles. The predicted octanol–water partition coefficient (Wildman–Crippen LogP) is 1.28. The quantitative estimate of drug-likeness (QED) is 0.710. The van der Waals surface area contributed by atoms with Crippen LogP contribution in [0.4, 0.5) is 0 Å². The normalized spacial score (nSPS) is 10.2. The van der Waals surface area contributed by atoms with Gasteiger partial charge in [0.05, 0.1) is 30.1 Å². The van der Waals surface area contributed by atoms with Gasteiger partial charge in [-0.15, -0.1) is 0 Å². The van der Waals surface area contributed by atoms with Crippen LogP contribution >= 0.6 is 0 Å². The summed E-state index contributed by atoms with van der Waals surface area (Å²) in [5, 5.41) is 9.18. The summed E-state index contributed by atoms with van der Waals surface area (Å²) in [6, 6.07) is 1.63. The fourth-order valence-corrected chi connectivity index (χ4v) is 1.12. The SMILES string of the molecule is Cc1cn(-c2cncc(O)c2)cn1. The second-order valence-electron chi connectivity index (χ2n) is 2.82. The highest BCUT2D eigenvalue weighted by molar-refractivity contribution is 5.34. The molecule has 0 saturated heterocycles. The molecular weight excluding hydrogens is 166 g/mol. The minimum Gasteiger partial charge on any atom is -0.506 e. The Balaban J connectivity index is 2.46. The molecule has 0 aliphatic heterocycles. The Morgan fingerprint density at radius 3 is 2.85 bits per heavy atom. The number of aryl methyl sites for hydroxylation is 1. The van der Waals surface area contributed by atoms with Gasteiger partial charge in [0, 0.05) is 12.3 Å². The highest BCUT2D eigenvalue weighted by Crippen LogP contribution is 2.12. The lowest BCUT2D eigenvalue weighted by Gasteiger charge is -2.00. The van der Waals surface area contributed by atoms with E-state index in [1.165, 1.54) is 6.20 Å². The highest BCUT2D eigenvalue weighted by atomic mass is 16.3. The maximum absolute atomic E-state index is 9.18. The number of imidazole rings is 1. The summed E-state index contributed by atoms with van der Waals surface area (Å²) in [4.78, 5) is 7.95. The van der Waals surface area contributed by atoms with Crippen molar-refractivity contribution in [1.29, 1.82) is 0 Å². The highest BCUT2D eigenvalue weighted by Gasteiger charge is 1.98. The fraction of sp³-hybridized carbons (Fsp3) is 0.111. The number of nitrogens with zero attached hydrogens (tertiary/aromatic N) is 3. The molecule has 2 aromatic rings. The summed E-state index contributed by atoms with van der Waals surface area (Å²) in [7, 11) is 0. The molecule has 2 rings (SSSR count). The Kier molecular flexibility index (Phi) is 1.73. The second-order valence-corrected chi connectivity index (χ2v) is 2.82. The Morgan fingerprint density at radius 2 is 2.23 bits per heavy atom. The summed E-state index contributed by atoms with van der Waals surface area (Å²) >= 11 is 0. The zero-order valence-corrected chi connectivity index (χ0v) is 7.18. The largest absolute Gasteiger partial charge is 0.506 e. The van der Waals surface area contributed by atoms with Crippen molar-refractivity contribution in [3.8, 4) is 11.4 Å². The van der Waals surface area contributed by atoms with Crippen molar-refractivity contribution >= 4 is 0 Å². The first kappa shape index (κ1) is 7.79. The van der Waals surface area contributed by atoms with E-state index in [9.17, 15) is 5.11 Å². The molecule has 1 N–H and O–H groups in total. The number of rotatable bonds is 1. The first-order valence-electron chi connectivity index (χ1n) is 3.91. The van der Waals surface area contributed by atoms with E-state index in [0.717, 1.165) is 11.4 Å². The van der Waals surface area contributed by atoms with Crippen LogP contribution in [-0.4, -0.2) is 19.6 Å². The van der Waals surface area contributed by atoms with Crippen LogP contribution in [0.3, 0.4) is 0 Å². The maximum Gasteiger partial charge on any atom is 0.135 e. The zero-order chi connectivity index (χ0) is 9.26. The van der Waals surface area contributed by atoms with Crippen LogP contribution in [0.2, 0.25) is 0 Å². The van der Waals surface area contributed by atoms with Crippen molar-refractivity contribution in [3.63, 3.8) is 0 Å². The molecule has 4 nitrogen and oxygen atoms in total. The van der Waals surface area contributed by atoms with Gasteiger partial charge in [0.15, 0.2) is 0 Å². The second kappa shape index (κ2) is 2.90. The summed E-state index contributed by atoms with van der Waals surface area (Å²) < 4.78 is 1.81. The maximum atomic E-state index is 9.18. The van der Waals surface area contributed by atoms with E-state index in [1.807, 2.05) is 17.7 Å². The number of hydrogen-bond donors (Lipinski definition) is 1. The van der Waals surface area contributed by atoms with Gasteiger partial charge in [0.2, 0.25) is 0 Å². The third-order valence-corrected chi connectivity index (χ3v) is 1.72. The average Bonchev–Trinajstić information content (AvgIpc) is 2.52. The minimum absolute atomic E-state index is 0.156. The Labute approximate surface area is 75.5 Å². The lowest BCUT2D eigenvalue weighted by Crippen LogP contribution is -1.89. The number of hydrogen-bond acceptors (Lipinski definition) is 3. The minimum atomic E-state index is 0.156. The van der Waals surface area contributed by atoms with Crippen molar-refractivity contribution in [2.24, 2.45) is 0 Å². The van der Waals surface area contributed by atoms with Gasteiger partial charge in [-0.1, -0.05) is 0 Å². The molecule has 13 heavy (non-hydrogen) atoms. The van der Waals surface area contributed by atoms with Crippen LogP contribution in [0.1, 0.15) is 5.69 Å². The van der Waals surface area contributed by atoms with Gasteiger partial charge < -0.3 is 9.67 Å². The standard InChI is InChI=1S/C9H9N3O/c1-7-5-12(6-11-7)8-2-9(13)4-10-3-8/h2-6,13H,1H3. The van der Waals surface area contributed by atoms with Crippen molar-refractivity contribution in [3.05, 3.63) is 36.7 Å². The zero-order valence-electron chi connectivity index (χ0n) is 7.18. The molecule has 0 amide bonds. The molecule has 0 bridgehead atoms. The molecule has 2 aromatic heterocycles. The monoisotopic (exact) mass is 175 g/mol. The molecule has 0 unspecified atom stereocenters. The van der Waals surface area contributed by atoms with Gasteiger partial charge in [-0.05, 0) is 6.92 Å². The topological polar surface area (TPSA) is 50.9 Å². The lowest BCUT2D eigenvalue weighted by molar-refractivity contribution is 0.472. The molecular formula is C9H9N3O. The van der Waals surface area contributed by atoms with Gasteiger partial charge in [-0.2, -0.15) is 0 Å². The summed E-state index contributed by atoms with van der Waals surface area (Å²) in [5.74, 6) is 0.156. The van der Waals surface area contributed by atoms with E-state index in [2.05, 4.69) is 9.97 Å². The van der Waals surface area contributed by atoms with E-state index < -0.39 is 0 Å². The first-order chi connectivity index (χ1) is 6.25. The van der Waals surface area contributed by atoms with Crippen molar-refractivity contribution in [1.82, 2.24) is 14.5 Å². The molecule has 66 valence electrons. The molecule has 0 aliphatic rings. The molecule has 4 heteroatoms. The molecule has 0 spiro atoms. The Morgan fingerprint density at radius 1 is 1.38 bits per heavy atom. The van der Waals surface area contributed by atoms with Gasteiger partial charge in [-0.25, -0.2) is 4.98 Å². The van der Waals surface area contributed by atoms with Crippen molar-refractivity contribution in [2.75, 3.05) is 0 Å². The molecule has 0 aromatic carbocycles. The first-order valence-corrected chi connectivity index (χ1v) is 3.91. The van der Waals surface area contributed by atoms with Crippen LogP contribution in [0.15, 0.2) is 31.0 Å². The van der Waals surface area contributed by atoms with Crippen LogP contribution in [0.25, 0.3) is 5.69 Å². The number of aromatic hydroxyl groups is 1. The van der Waals surface area contributed by atoms with Crippen molar-refractivity contribution < 1.29 is 5.11 Å². The number of aromatic nitrogens is 3. The Hall–Kier alpha value is -1.84. The Bertz CT molecular complexity index is 422. The van der Waals surface area contributed by atoms with E-state index in [1.54, 1.807) is 18.6 Å². The molecule has 2 heterocycles. The van der Waals surface area contributed by atoms with Gasteiger partial charge in [-0.3, -0.25) is 4.98 Å². The predicted molar refractivity (Wildman–Crippen MR) is 47.8 cm³/mol. The lowest BCUT2D eigenvalue weighted by atomic mass is 10.4. The van der Waals surface area contributed by atoms with Crippen molar-refractivity contribution in [2.45, 2.75) is 6.92 Å². The van der Waals surface area contributed by atoms with Crippen LogP contribution < -0.4 is 0 Å². The molecule has 0 atom stereocenters. The third-order valence-electron chi connectivity index (χ3n) is 1.72. The molecule has 0 fully saturated rings. The van der Waals surface area contributed by atoms with Gasteiger partial charge in [0.25, 0.3) is 0 Å². The van der Waals surface area contributed by atoms with Crippen LogP contribution in [0, 0.1) is 6.92 Å².